The summed E-state index contributed by atoms with van der Waals surface area (Å²) in [6, 6.07) is 9.78. The van der Waals surface area contributed by atoms with E-state index in [9.17, 15) is 15.0 Å². The van der Waals surface area contributed by atoms with Crippen molar-refractivity contribution in [2.75, 3.05) is 0 Å². The number of fused-ring (bicyclic) bond motifs is 3. The third-order valence-electron chi connectivity index (χ3n) is 6.15. The van der Waals surface area contributed by atoms with Crippen LogP contribution in [0, 0.1) is 20.8 Å². The van der Waals surface area contributed by atoms with Gasteiger partial charge in [0.15, 0.2) is 6.10 Å². The molecular weight excluding hydrogens is 440 g/mol. The summed E-state index contributed by atoms with van der Waals surface area (Å²) >= 11 is 0. The number of hydrogen-bond acceptors (Lipinski definition) is 5. The van der Waals surface area contributed by atoms with Crippen molar-refractivity contribution in [3.63, 3.8) is 0 Å². The fraction of sp³-hybridized carbons (Fsp3) is 0.276. The number of benzene rings is 2. The molecule has 0 aliphatic rings. The molecule has 180 valence electrons. The molecule has 0 saturated carbocycles. The van der Waals surface area contributed by atoms with Gasteiger partial charge in [0.1, 0.15) is 0 Å². The first-order chi connectivity index (χ1) is 16.4. The van der Waals surface area contributed by atoms with Crippen molar-refractivity contribution >= 4 is 33.9 Å². The van der Waals surface area contributed by atoms with Gasteiger partial charge < -0.3 is 14.9 Å². The zero-order chi connectivity index (χ0) is 25.7. The molecule has 0 amide bonds. The van der Waals surface area contributed by atoms with Gasteiger partial charge in [0.05, 0.1) is 22.0 Å². The number of aromatic nitrogens is 2. The first-order valence-electron chi connectivity index (χ1n) is 11.5. The number of carbonyl (C=O) groups is 1. The first kappa shape index (κ1) is 24.4. The van der Waals surface area contributed by atoms with Crippen LogP contribution in [0.1, 0.15) is 54.7 Å². The lowest BCUT2D eigenvalue weighted by Crippen LogP contribution is -2.28. The van der Waals surface area contributed by atoms with Crippen LogP contribution in [-0.2, 0) is 9.53 Å². The van der Waals surface area contributed by atoms with Crippen molar-refractivity contribution in [2.24, 2.45) is 0 Å². The number of carboxylic acid groups (broad SMARTS) is 1. The predicted octanol–water partition coefficient (Wildman–Crippen LogP) is 6.66. The number of nitrogens with zero attached hydrogens (tertiary/aromatic N) is 2. The third-order valence-corrected chi connectivity index (χ3v) is 6.15. The van der Waals surface area contributed by atoms with Crippen LogP contribution in [0.2, 0.25) is 0 Å². The molecular formula is C29H30N2O4. The number of hydrogen-bond donors (Lipinski definition) is 2. The summed E-state index contributed by atoms with van der Waals surface area (Å²) in [4.78, 5) is 21.7. The maximum Gasteiger partial charge on any atom is 0.337 e. The minimum atomic E-state index is -1.23. The van der Waals surface area contributed by atoms with Crippen LogP contribution < -0.4 is 0 Å². The fourth-order valence-corrected chi connectivity index (χ4v) is 4.57. The van der Waals surface area contributed by atoms with Crippen LogP contribution >= 0.6 is 0 Å². The number of aromatic hydroxyl groups is 1. The summed E-state index contributed by atoms with van der Waals surface area (Å²) in [6.45, 7) is 15.1. The highest BCUT2D eigenvalue weighted by molar-refractivity contribution is 6.11. The van der Waals surface area contributed by atoms with Gasteiger partial charge in [0, 0.05) is 17.1 Å². The second-order valence-electron chi connectivity index (χ2n) is 9.88. The molecule has 0 saturated heterocycles. The normalized spacial score (nSPS) is 12.7. The Bertz CT molecular complexity index is 1480. The molecule has 6 heteroatoms. The highest BCUT2D eigenvalue weighted by Gasteiger charge is 2.33. The van der Waals surface area contributed by atoms with Gasteiger partial charge in [-0.25, -0.2) is 9.78 Å². The Hall–Kier alpha value is -3.77. The molecule has 1 atom stereocenters. The topological polar surface area (TPSA) is 92.5 Å². The van der Waals surface area contributed by atoms with Gasteiger partial charge in [0.2, 0.25) is 5.88 Å². The molecule has 0 unspecified atom stereocenters. The van der Waals surface area contributed by atoms with Gasteiger partial charge in [-0.3, -0.25) is 4.98 Å². The maximum absolute atomic E-state index is 12.5. The number of carboxylic acids is 1. The monoisotopic (exact) mass is 470 g/mol. The molecule has 4 rings (SSSR count). The van der Waals surface area contributed by atoms with Crippen molar-refractivity contribution < 1.29 is 19.7 Å². The first-order valence-corrected chi connectivity index (χ1v) is 11.5. The van der Waals surface area contributed by atoms with Gasteiger partial charge >= 0.3 is 5.97 Å². The summed E-state index contributed by atoms with van der Waals surface area (Å²) in [7, 11) is 0. The molecule has 0 aliphatic heterocycles. The molecule has 2 aromatic carbocycles. The van der Waals surface area contributed by atoms with Crippen LogP contribution in [0.3, 0.4) is 0 Å². The second kappa shape index (κ2) is 8.78. The summed E-state index contributed by atoms with van der Waals surface area (Å²) in [5, 5.41) is 22.4. The summed E-state index contributed by atoms with van der Waals surface area (Å²) in [5.41, 5.74) is 5.89. The quantitative estimate of drug-likeness (QED) is 0.317. The van der Waals surface area contributed by atoms with E-state index in [1.807, 2.05) is 65.8 Å². The Morgan fingerprint density at radius 1 is 1.09 bits per heavy atom. The van der Waals surface area contributed by atoms with Crippen molar-refractivity contribution in [3.05, 3.63) is 70.9 Å². The lowest BCUT2D eigenvalue weighted by Gasteiger charge is -2.29. The van der Waals surface area contributed by atoms with E-state index in [0.717, 1.165) is 33.2 Å². The van der Waals surface area contributed by atoms with Crippen LogP contribution in [-0.4, -0.2) is 31.8 Å². The standard InChI is InChI=1S/C29H30N2O4/c1-8-18-13-20-25(30-14-18)23-16(3)21(19-11-9-15(2)10-12-19)22(17(4)24(23)31-27(20)32)26(28(33)34)35-29(5,6)7/h8-14,26H,1H2,2-7H3,(H,31,32)(H,33,34)/t26-/m0/s1. The lowest BCUT2D eigenvalue weighted by atomic mass is 9.85. The number of aryl methyl sites for hydroxylation is 3. The molecule has 2 aromatic heterocycles. The largest absolute Gasteiger partial charge is 0.493 e. The highest BCUT2D eigenvalue weighted by atomic mass is 16.5. The Morgan fingerprint density at radius 2 is 1.74 bits per heavy atom. The smallest absolute Gasteiger partial charge is 0.337 e. The van der Waals surface area contributed by atoms with Crippen molar-refractivity contribution in [1.82, 2.24) is 9.97 Å². The van der Waals surface area contributed by atoms with Gasteiger partial charge in [-0.1, -0.05) is 42.5 Å². The molecule has 35 heavy (non-hydrogen) atoms. The summed E-state index contributed by atoms with van der Waals surface area (Å²) in [6.07, 6.45) is 2.13. The van der Waals surface area contributed by atoms with E-state index in [-0.39, 0.29) is 5.88 Å². The zero-order valence-corrected chi connectivity index (χ0v) is 20.9. The van der Waals surface area contributed by atoms with E-state index in [0.29, 0.717) is 27.5 Å². The molecule has 0 spiro atoms. The van der Waals surface area contributed by atoms with E-state index in [1.54, 1.807) is 18.3 Å². The van der Waals surface area contributed by atoms with Crippen molar-refractivity contribution in [2.45, 2.75) is 53.2 Å². The van der Waals surface area contributed by atoms with Crippen LogP contribution in [0.15, 0.2) is 43.1 Å². The molecule has 6 nitrogen and oxygen atoms in total. The summed E-state index contributed by atoms with van der Waals surface area (Å²) in [5.74, 6) is -1.25. The average molecular weight is 471 g/mol. The zero-order valence-electron chi connectivity index (χ0n) is 20.9. The van der Waals surface area contributed by atoms with Gasteiger partial charge in [-0.15, -0.1) is 0 Å². The second-order valence-corrected chi connectivity index (χ2v) is 9.88. The molecule has 2 heterocycles. The van der Waals surface area contributed by atoms with Gasteiger partial charge in [0.25, 0.3) is 0 Å². The summed E-state index contributed by atoms with van der Waals surface area (Å²) < 4.78 is 6.09. The SMILES string of the molecule is C=Cc1cnc2c(c1)c(O)nc1c(C)c([C@H](OC(C)(C)C)C(=O)O)c(-c3ccc(C)cc3)c(C)c12. The Morgan fingerprint density at radius 3 is 2.31 bits per heavy atom. The molecule has 0 radical (unpaired) electrons. The number of rotatable bonds is 5. The molecule has 0 fully saturated rings. The highest BCUT2D eigenvalue weighted by Crippen LogP contribution is 2.44. The number of aliphatic carboxylic acids is 1. The van der Waals surface area contributed by atoms with E-state index in [1.165, 1.54) is 0 Å². The lowest BCUT2D eigenvalue weighted by molar-refractivity contribution is -0.160. The minimum absolute atomic E-state index is 0.163. The molecule has 0 aliphatic carbocycles. The Balaban J connectivity index is 2.21. The van der Waals surface area contributed by atoms with Crippen LogP contribution in [0.4, 0.5) is 0 Å². The van der Waals surface area contributed by atoms with E-state index in [4.69, 9.17) is 4.74 Å². The molecule has 2 N–H and O–H groups in total. The van der Waals surface area contributed by atoms with Crippen LogP contribution in [0.25, 0.3) is 39.0 Å². The van der Waals surface area contributed by atoms with Crippen LogP contribution in [0.5, 0.6) is 5.88 Å². The fourth-order valence-electron chi connectivity index (χ4n) is 4.57. The third kappa shape index (κ3) is 4.37. The van der Waals surface area contributed by atoms with E-state index < -0.39 is 17.7 Å². The minimum Gasteiger partial charge on any atom is -0.493 e. The maximum atomic E-state index is 12.5. The predicted molar refractivity (Wildman–Crippen MR) is 140 cm³/mol. The van der Waals surface area contributed by atoms with Crippen molar-refractivity contribution in [3.8, 4) is 17.0 Å². The number of pyridine rings is 2. The average Bonchev–Trinajstić information content (AvgIpc) is 2.79. The number of ether oxygens (including phenoxy) is 1. The van der Waals surface area contributed by atoms with E-state index in [2.05, 4.69) is 16.5 Å². The van der Waals surface area contributed by atoms with E-state index >= 15 is 0 Å². The molecule has 0 bridgehead atoms. The van der Waals surface area contributed by atoms with Gasteiger partial charge in [-0.2, -0.15) is 0 Å². The van der Waals surface area contributed by atoms with Gasteiger partial charge in [-0.05, 0) is 75.4 Å². The molecule has 4 aromatic rings. The van der Waals surface area contributed by atoms with Crippen molar-refractivity contribution in [1.29, 1.82) is 0 Å². The Kier molecular flexibility index (Phi) is 6.11. The Labute approximate surface area is 204 Å².